The van der Waals surface area contributed by atoms with Crippen LogP contribution < -0.4 is 5.32 Å². The molecule has 0 radical (unpaired) electrons. The molecule has 148 valence electrons. The molecule has 0 aliphatic heterocycles. The van der Waals surface area contributed by atoms with Gasteiger partial charge in [0.1, 0.15) is 5.01 Å². The topological polar surface area (TPSA) is 42.0 Å². The highest BCUT2D eigenvalue weighted by molar-refractivity contribution is 7.15. The third kappa shape index (κ3) is 3.39. The standard InChI is InChI=1S/C23H27ClN2OS/c1-14-20(28-21(26-14)18-2-4-19(24)5-3-18)6-7-25-22(27)23-11-15-8-16(12-23)10-17(9-15)13-23/h2-5,15-17H,6-13H2,1H3,(H,25,27). The van der Waals surface area contributed by atoms with E-state index in [1.165, 1.54) is 24.1 Å². The van der Waals surface area contributed by atoms with Crippen LogP contribution in [0.2, 0.25) is 5.02 Å². The van der Waals surface area contributed by atoms with E-state index in [4.69, 9.17) is 16.6 Å². The minimum atomic E-state index is -0.0496. The van der Waals surface area contributed by atoms with E-state index in [1.807, 2.05) is 24.3 Å². The van der Waals surface area contributed by atoms with E-state index in [9.17, 15) is 4.79 Å². The molecule has 0 unspecified atom stereocenters. The minimum absolute atomic E-state index is 0.0496. The summed E-state index contributed by atoms with van der Waals surface area (Å²) in [4.78, 5) is 19.1. The summed E-state index contributed by atoms with van der Waals surface area (Å²) in [5.41, 5.74) is 2.12. The summed E-state index contributed by atoms with van der Waals surface area (Å²) in [5, 5.41) is 5.06. The van der Waals surface area contributed by atoms with Crippen molar-refractivity contribution in [1.82, 2.24) is 10.3 Å². The summed E-state index contributed by atoms with van der Waals surface area (Å²) in [7, 11) is 0. The van der Waals surface area contributed by atoms with Gasteiger partial charge in [0.25, 0.3) is 0 Å². The lowest BCUT2D eigenvalue weighted by Gasteiger charge is -2.55. The number of aromatic nitrogens is 1. The molecule has 2 aromatic rings. The third-order valence-corrected chi connectivity index (χ3v) is 8.66. The molecule has 4 aliphatic rings. The lowest BCUT2D eigenvalue weighted by molar-refractivity contribution is -0.146. The van der Waals surface area contributed by atoms with E-state index >= 15 is 0 Å². The summed E-state index contributed by atoms with van der Waals surface area (Å²) >= 11 is 7.71. The molecule has 0 saturated heterocycles. The first kappa shape index (κ1) is 18.6. The lowest BCUT2D eigenvalue weighted by atomic mass is 9.49. The van der Waals surface area contributed by atoms with Crippen LogP contribution in [0.3, 0.4) is 0 Å². The Morgan fingerprint density at radius 2 is 1.75 bits per heavy atom. The highest BCUT2D eigenvalue weighted by Crippen LogP contribution is 2.60. The molecule has 4 saturated carbocycles. The average molecular weight is 415 g/mol. The smallest absolute Gasteiger partial charge is 0.226 e. The van der Waals surface area contributed by atoms with E-state index in [1.54, 1.807) is 11.3 Å². The number of thiazole rings is 1. The Hall–Kier alpha value is -1.39. The van der Waals surface area contributed by atoms with Crippen LogP contribution in [0.5, 0.6) is 0 Å². The number of hydrogen-bond donors (Lipinski definition) is 1. The molecule has 0 atom stereocenters. The van der Waals surface area contributed by atoms with Gasteiger partial charge >= 0.3 is 0 Å². The van der Waals surface area contributed by atoms with Gasteiger partial charge in [-0.15, -0.1) is 11.3 Å². The molecule has 1 aromatic heterocycles. The highest BCUT2D eigenvalue weighted by Gasteiger charge is 2.54. The van der Waals surface area contributed by atoms with Gasteiger partial charge in [0.2, 0.25) is 5.91 Å². The van der Waals surface area contributed by atoms with Crippen molar-refractivity contribution in [1.29, 1.82) is 0 Å². The predicted octanol–water partition coefficient (Wildman–Crippen LogP) is 5.65. The van der Waals surface area contributed by atoms with Crippen molar-refractivity contribution >= 4 is 28.8 Å². The van der Waals surface area contributed by atoms with Crippen molar-refractivity contribution in [3.63, 3.8) is 0 Å². The second-order valence-corrected chi connectivity index (χ2v) is 10.8. The number of nitrogens with one attached hydrogen (secondary N) is 1. The maximum atomic E-state index is 13.1. The van der Waals surface area contributed by atoms with Crippen LogP contribution in [-0.4, -0.2) is 17.4 Å². The number of amides is 1. The first-order valence-corrected chi connectivity index (χ1v) is 11.7. The van der Waals surface area contributed by atoms with E-state index in [0.29, 0.717) is 12.5 Å². The molecule has 28 heavy (non-hydrogen) atoms. The predicted molar refractivity (Wildman–Crippen MR) is 115 cm³/mol. The molecule has 6 rings (SSSR count). The molecule has 0 spiro atoms. The zero-order valence-corrected chi connectivity index (χ0v) is 17.9. The first-order chi connectivity index (χ1) is 13.5. The van der Waals surface area contributed by atoms with E-state index in [0.717, 1.165) is 64.7 Å². The van der Waals surface area contributed by atoms with Crippen LogP contribution in [0.15, 0.2) is 24.3 Å². The molecule has 4 fully saturated rings. The fourth-order valence-corrected chi connectivity index (χ4v) is 7.44. The Morgan fingerprint density at radius 3 is 2.36 bits per heavy atom. The summed E-state index contributed by atoms with van der Waals surface area (Å²) in [6.07, 6.45) is 8.37. The molecule has 3 nitrogen and oxygen atoms in total. The Labute approximate surface area is 175 Å². The fraction of sp³-hybridized carbons (Fsp3) is 0.565. The largest absolute Gasteiger partial charge is 0.355 e. The summed E-state index contributed by atoms with van der Waals surface area (Å²) in [5.74, 6) is 2.75. The summed E-state index contributed by atoms with van der Waals surface area (Å²) < 4.78 is 0. The van der Waals surface area contributed by atoms with E-state index in [-0.39, 0.29) is 5.41 Å². The Kier molecular flexibility index (Phi) is 4.75. The number of rotatable bonds is 5. The van der Waals surface area contributed by atoms with Crippen molar-refractivity contribution in [3.05, 3.63) is 39.9 Å². The Bertz CT molecular complexity index is 853. The summed E-state index contributed by atoms with van der Waals surface area (Å²) in [6, 6.07) is 7.83. The molecule has 1 heterocycles. The average Bonchev–Trinajstić information content (AvgIpc) is 3.02. The van der Waals surface area contributed by atoms with Gasteiger partial charge in [0, 0.05) is 33.8 Å². The van der Waals surface area contributed by atoms with Gasteiger partial charge in [0.05, 0.1) is 5.69 Å². The number of halogens is 1. The van der Waals surface area contributed by atoms with Crippen molar-refractivity contribution < 1.29 is 4.79 Å². The Balaban J connectivity index is 1.22. The first-order valence-electron chi connectivity index (χ1n) is 10.5. The van der Waals surface area contributed by atoms with Crippen LogP contribution in [-0.2, 0) is 11.2 Å². The van der Waals surface area contributed by atoms with Crippen LogP contribution in [0.25, 0.3) is 10.6 Å². The maximum absolute atomic E-state index is 13.1. The van der Waals surface area contributed by atoms with E-state index < -0.39 is 0 Å². The molecule has 1 aromatic carbocycles. The van der Waals surface area contributed by atoms with Crippen LogP contribution >= 0.6 is 22.9 Å². The third-order valence-electron chi connectivity index (χ3n) is 7.14. The molecule has 5 heteroatoms. The number of benzene rings is 1. The maximum Gasteiger partial charge on any atom is 0.226 e. The molecular weight excluding hydrogens is 388 g/mol. The lowest BCUT2D eigenvalue weighted by Crippen LogP contribution is -2.53. The van der Waals surface area contributed by atoms with Gasteiger partial charge in [-0.2, -0.15) is 0 Å². The van der Waals surface area contributed by atoms with Crippen molar-refractivity contribution in [2.45, 2.75) is 51.9 Å². The van der Waals surface area contributed by atoms with Crippen LogP contribution in [0.4, 0.5) is 0 Å². The zero-order chi connectivity index (χ0) is 19.3. The van der Waals surface area contributed by atoms with Gasteiger partial charge in [0.15, 0.2) is 0 Å². The van der Waals surface area contributed by atoms with Gasteiger partial charge in [-0.05, 0) is 75.3 Å². The number of aryl methyl sites for hydroxylation is 1. The van der Waals surface area contributed by atoms with Gasteiger partial charge < -0.3 is 5.32 Å². The number of carbonyl (C=O) groups is 1. The zero-order valence-electron chi connectivity index (χ0n) is 16.3. The Morgan fingerprint density at radius 1 is 1.14 bits per heavy atom. The van der Waals surface area contributed by atoms with Crippen molar-refractivity contribution in [3.8, 4) is 10.6 Å². The van der Waals surface area contributed by atoms with Gasteiger partial charge in [-0.3, -0.25) is 4.79 Å². The van der Waals surface area contributed by atoms with E-state index in [2.05, 4.69) is 12.2 Å². The minimum Gasteiger partial charge on any atom is -0.355 e. The second-order valence-electron chi connectivity index (χ2n) is 9.24. The van der Waals surface area contributed by atoms with Gasteiger partial charge in [-0.1, -0.05) is 23.7 Å². The number of nitrogens with zero attached hydrogens (tertiary/aromatic N) is 1. The monoisotopic (exact) mass is 414 g/mol. The highest BCUT2D eigenvalue weighted by atomic mass is 35.5. The van der Waals surface area contributed by atoms with Crippen LogP contribution in [0.1, 0.15) is 49.1 Å². The second kappa shape index (κ2) is 7.14. The molecule has 1 N–H and O–H groups in total. The SMILES string of the molecule is Cc1nc(-c2ccc(Cl)cc2)sc1CCNC(=O)C12CC3CC(CC(C3)C1)C2. The van der Waals surface area contributed by atoms with Crippen molar-refractivity contribution in [2.75, 3.05) is 6.54 Å². The fourth-order valence-electron chi connectivity index (χ4n) is 6.24. The molecule has 4 aliphatic carbocycles. The summed E-state index contributed by atoms with van der Waals surface area (Å²) in [6.45, 7) is 2.77. The normalized spacial score (nSPS) is 30.6. The number of carbonyl (C=O) groups excluding carboxylic acids is 1. The van der Waals surface area contributed by atoms with Crippen LogP contribution in [0, 0.1) is 30.1 Å². The molecule has 1 amide bonds. The molecule has 4 bridgehead atoms. The quantitative estimate of drug-likeness (QED) is 0.687. The number of hydrogen-bond acceptors (Lipinski definition) is 3. The van der Waals surface area contributed by atoms with Gasteiger partial charge in [-0.25, -0.2) is 4.98 Å². The van der Waals surface area contributed by atoms with Crippen molar-refractivity contribution in [2.24, 2.45) is 23.2 Å². The molecular formula is C23H27ClN2OS.